The molecule has 0 bridgehead atoms. The van der Waals surface area contributed by atoms with Crippen molar-refractivity contribution in [2.75, 3.05) is 19.7 Å². The van der Waals surface area contributed by atoms with Gasteiger partial charge in [0.2, 0.25) is 0 Å². The Morgan fingerprint density at radius 2 is 2.50 bits per heavy atom. The highest BCUT2D eigenvalue weighted by Gasteiger charge is 2.08. The smallest absolute Gasteiger partial charge is 0.319 e. The first kappa shape index (κ1) is 13.2. The van der Waals surface area contributed by atoms with Crippen molar-refractivity contribution in [3.8, 4) is 0 Å². The molecule has 90 valence electrons. The van der Waals surface area contributed by atoms with Crippen molar-refractivity contribution < 1.29 is 14.6 Å². The summed E-state index contributed by atoms with van der Waals surface area (Å²) in [6.07, 6.45) is 0.148. The van der Waals surface area contributed by atoms with Crippen LogP contribution >= 0.6 is 11.3 Å². The molecule has 4 nitrogen and oxygen atoms in total. The van der Waals surface area contributed by atoms with Gasteiger partial charge in [-0.25, -0.2) is 0 Å². The number of carbonyl (C=O) groups excluding carboxylic acids is 1. The average Bonchev–Trinajstić information content (AvgIpc) is 2.78. The molecule has 0 aliphatic heterocycles. The van der Waals surface area contributed by atoms with Gasteiger partial charge >= 0.3 is 5.97 Å². The molecule has 5 heteroatoms. The molecule has 1 aromatic heterocycles. The molecular weight excluding hydrogens is 226 g/mol. The van der Waals surface area contributed by atoms with Crippen LogP contribution in [0.15, 0.2) is 17.5 Å². The number of thiophene rings is 1. The summed E-state index contributed by atoms with van der Waals surface area (Å²) >= 11 is 1.53. The van der Waals surface area contributed by atoms with Gasteiger partial charge in [-0.1, -0.05) is 6.07 Å². The van der Waals surface area contributed by atoms with E-state index >= 15 is 0 Å². The largest absolute Gasteiger partial charge is 0.465 e. The van der Waals surface area contributed by atoms with Gasteiger partial charge in [-0.3, -0.25) is 4.79 Å². The van der Waals surface area contributed by atoms with Gasteiger partial charge in [0.25, 0.3) is 0 Å². The first-order chi connectivity index (χ1) is 7.74. The minimum absolute atomic E-state index is 0.199. The van der Waals surface area contributed by atoms with E-state index < -0.39 is 6.10 Å². The Labute approximate surface area is 99.2 Å². The number of rotatable bonds is 7. The number of carbonyl (C=O) groups is 1. The van der Waals surface area contributed by atoms with Gasteiger partial charge in [0, 0.05) is 4.88 Å². The normalized spacial score (nSPS) is 12.4. The molecule has 0 saturated carbocycles. The minimum atomic E-state index is -0.449. The lowest BCUT2D eigenvalue weighted by Crippen LogP contribution is -2.26. The fourth-order valence-electron chi connectivity index (χ4n) is 1.26. The highest BCUT2D eigenvalue weighted by atomic mass is 32.1. The van der Waals surface area contributed by atoms with E-state index in [9.17, 15) is 9.90 Å². The van der Waals surface area contributed by atoms with Crippen molar-refractivity contribution in [3.63, 3.8) is 0 Å². The van der Waals surface area contributed by atoms with Gasteiger partial charge in [0.15, 0.2) is 0 Å². The molecule has 0 saturated heterocycles. The lowest BCUT2D eigenvalue weighted by atomic mass is 10.2. The van der Waals surface area contributed by atoms with Crippen LogP contribution in [0.4, 0.5) is 0 Å². The number of aliphatic hydroxyl groups is 1. The lowest BCUT2D eigenvalue weighted by molar-refractivity contribution is -0.142. The van der Waals surface area contributed by atoms with E-state index in [1.165, 1.54) is 11.3 Å². The summed E-state index contributed by atoms with van der Waals surface area (Å²) in [4.78, 5) is 11.9. The van der Waals surface area contributed by atoms with E-state index in [4.69, 9.17) is 4.74 Å². The van der Waals surface area contributed by atoms with Gasteiger partial charge in [0.05, 0.1) is 19.3 Å². The molecule has 1 unspecified atom stereocenters. The first-order valence-corrected chi connectivity index (χ1v) is 6.19. The van der Waals surface area contributed by atoms with Gasteiger partial charge in [0.1, 0.15) is 0 Å². The van der Waals surface area contributed by atoms with Crippen LogP contribution < -0.4 is 5.32 Å². The first-order valence-electron chi connectivity index (χ1n) is 5.31. The van der Waals surface area contributed by atoms with E-state index in [0.717, 1.165) is 4.88 Å². The summed E-state index contributed by atoms with van der Waals surface area (Å²) in [5.74, 6) is -0.256. The number of hydrogen-bond acceptors (Lipinski definition) is 5. The van der Waals surface area contributed by atoms with E-state index in [-0.39, 0.29) is 12.5 Å². The molecule has 0 aliphatic carbocycles. The number of nitrogens with one attached hydrogen (secondary N) is 1. The number of hydrogen-bond donors (Lipinski definition) is 2. The van der Waals surface area contributed by atoms with Crippen LogP contribution in [0.25, 0.3) is 0 Å². The Bertz CT molecular complexity index is 300. The maximum absolute atomic E-state index is 11.0. The zero-order valence-electron chi connectivity index (χ0n) is 9.31. The Balaban J connectivity index is 2.09. The summed E-state index contributed by atoms with van der Waals surface area (Å²) in [6.45, 7) is 2.97. The Kier molecular flexibility index (Phi) is 6.07. The summed E-state index contributed by atoms with van der Waals surface area (Å²) in [6, 6.07) is 3.82. The number of esters is 1. The van der Waals surface area contributed by atoms with Gasteiger partial charge in [-0.2, -0.15) is 0 Å². The molecule has 0 amide bonds. The zero-order chi connectivity index (χ0) is 11.8. The average molecular weight is 243 g/mol. The van der Waals surface area contributed by atoms with Crippen LogP contribution in [-0.2, 0) is 9.53 Å². The molecule has 1 rings (SSSR count). The van der Waals surface area contributed by atoms with Crippen LogP contribution in [0.3, 0.4) is 0 Å². The highest BCUT2D eigenvalue weighted by molar-refractivity contribution is 7.10. The van der Waals surface area contributed by atoms with E-state index in [1.807, 2.05) is 17.5 Å². The molecule has 0 spiro atoms. The molecule has 0 aromatic carbocycles. The van der Waals surface area contributed by atoms with Crippen molar-refractivity contribution in [3.05, 3.63) is 22.4 Å². The summed E-state index contributed by atoms with van der Waals surface area (Å²) in [7, 11) is 0. The van der Waals surface area contributed by atoms with Crippen molar-refractivity contribution in [2.24, 2.45) is 0 Å². The van der Waals surface area contributed by atoms with E-state index in [1.54, 1.807) is 6.92 Å². The Morgan fingerprint density at radius 1 is 1.69 bits per heavy atom. The second-order valence-corrected chi connectivity index (χ2v) is 4.28. The molecule has 1 aromatic rings. The van der Waals surface area contributed by atoms with Crippen LogP contribution in [-0.4, -0.2) is 30.8 Å². The topological polar surface area (TPSA) is 58.6 Å². The van der Waals surface area contributed by atoms with Gasteiger partial charge < -0.3 is 15.2 Å². The van der Waals surface area contributed by atoms with Crippen LogP contribution in [0, 0.1) is 0 Å². The fraction of sp³-hybridized carbons (Fsp3) is 0.545. The van der Waals surface area contributed by atoms with Crippen LogP contribution in [0.2, 0.25) is 0 Å². The highest BCUT2D eigenvalue weighted by Crippen LogP contribution is 2.20. The van der Waals surface area contributed by atoms with Crippen molar-refractivity contribution >= 4 is 17.3 Å². The molecule has 1 atom stereocenters. The number of aliphatic hydroxyl groups excluding tert-OH is 1. The predicted octanol–water partition coefficient (Wildman–Crippen LogP) is 1.32. The summed E-state index contributed by atoms with van der Waals surface area (Å²) < 4.78 is 4.76. The van der Waals surface area contributed by atoms with Gasteiger partial charge in [-0.05, 0) is 31.3 Å². The number of ether oxygens (including phenoxy) is 1. The van der Waals surface area contributed by atoms with Crippen LogP contribution in [0.1, 0.15) is 24.3 Å². The lowest BCUT2D eigenvalue weighted by Gasteiger charge is -2.09. The maximum atomic E-state index is 11.0. The molecular formula is C11H17NO3S. The van der Waals surface area contributed by atoms with E-state index in [2.05, 4.69) is 5.32 Å². The fourth-order valence-corrected chi connectivity index (χ4v) is 2.01. The zero-order valence-corrected chi connectivity index (χ0v) is 10.1. The van der Waals surface area contributed by atoms with E-state index in [0.29, 0.717) is 19.6 Å². The Hall–Kier alpha value is -0.910. The standard InChI is InChI=1S/C11H17NO3S/c1-2-15-11(14)8-12-6-5-9(13)10-4-3-7-16-10/h3-4,7,9,12-13H,2,5-6,8H2,1H3. The van der Waals surface area contributed by atoms with Crippen LogP contribution in [0.5, 0.6) is 0 Å². The third-order valence-corrected chi connectivity index (χ3v) is 3.01. The molecule has 0 aliphatic rings. The third-order valence-electron chi connectivity index (χ3n) is 2.04. The predicted molar refractivity (Wildman–Crippen MR) is 63.4 cm³/mol. The molecule has 2 N–H and O–H groups in total. The summed E-state index contributed by atoms with van der Waals surface area (Å²) in [5, 5.41) is 14.6. The van der Waals surface area contributed by atoms with Crippen molar-refractivity contribution in [2.45, 2.75) is 19.4 Å². The summed E-state index contributed by atoms with van der Waals surface area (Å²) in [5.41, 5.74) is 0. The maximum Gasteiger partial charge on any atom is 0.319 e. The van der Waals surface area contributed by atoms with Crippen molar-refractivity contribution in [1.82, 2.24) is 5.32 Å². The second-order valence-electron chi connectivity index (χ2n) is 3.30. The van der Waals surface area contributed by atoms with Crippen molar-refractivity contribution in [1.29, 1.82) is 0 Å². The van der Waals surface area contributed by atoms with Gasteiger partial charge in [-0.15, -0.1) is 11.3 Å². The third kappa shape index (κ3) is 4.74. The molecule has 1 heterocycles. The SMILES string of the molecule is CCOC(=O)CNCCC(O)c1cccs1. The minimum Gasteiger partial charge on any atom is -0.465 e. The molecule has 0 fully saturated rings. The Morgan fingerprint density at radius 3 is 3.12 bits per heavy atom. The quantitative estimate of drug-likeness (QED) is 0.560. The molecule has 0 radical (unpaired) electrons. The molecule has 16 heavy (non-hydrogen) atoms. The second kappa shape index (κ2) is 7.38. The monoisotopic (exact) mass is 243 g/mol.